The van der Waals surface area contributed by atoms with Gasteiger partial charge in [0.2, 0.25) is 0 Å². The van der Waals surface area contributed by atoms with Crippen molar-refractivity contribution in [1.29, 1.82) is 0 Å². The largest absolute Gasteiger partial charge is 0.324 e. The summed E-state index contributed by atoms with van der Waals surface area (Å²) in [4.78, 5) is 0. The van der Waals surface area contributed by atoms with Crippen molar-refractivity contribution in [2.75, 3.05) is 0 Å². The second-order valence-corrected chi connectivity index (χ2v) is 3.81. The zero-order valence-electron chi connectivity index (χ0n) is 6.96. The van der Waals surface area contributed by atoms with E-state index in [0.717, 1.165) is 6.42 Å². The second-order valence-electron chi connectivity index (χ2n) is 2.57. The number of rotatable bonds is 2. The lowest BCUT2D eigenvalue weighted by atomic mass is 10.1. The van der Waals surface area contributed by atoms with Crippen LogP contribution in [0.25, 0.3) is 0 Å². The van der Waals surface area contributed by atoms with Crippen LogP contribution in [0.4, 0.5) is 0 Å². The maximum absolute atomic E-state index is 5.84. The molecule has 1 atom stereocenters. The minimum atomic E-state index is 0. The van der Waals surface area contributed by atoms with Crippen molar-refractivity contribution in [2.24, 2.45) is 5.73 Å². The van der Waals surface area contributed by atoms with E-state index in [4.69, 9.17) is 5.73 Å². The van der Waals surface area contributed by atoms with Crippen molar-refractivity contribution in [2.45, 2.75) is 19.4 Å². The van der Waals surface area contributed by atoms with Gasteiger partial charge in [-0.1, -0.05) is 19.1 Å². The summed E-state index contributed by atoms with van der Waals surface area (Å²) in [6.45, 7) is 2.10. The molecular formula is C9H13ClIN. The summed E-state index contributed by atoms with van der Waals surface area (Å²) in [6.07, 6.45) is 1.00. The van der Waals surface area contributed by atoms with E-state index in [0.29, 0.717) is 0 Å². The van der Waals surface area contributed by atoms with E-state index in [-0.39, 0.29) is 18.4 Å². The van der Waals surface area contributed by atoms with Gasteiger partial charge in [0.25, 0.3) is 0 Å². The van der Waals surface area contributed by atoms with Crippen molar-refractivity contribution in [1.82, 2.24) is 0 Å². The normalized spacial score (nSPS) is 11.9. The van der Waals surface area contributed by atoms with E-state index in [1.807, 2.05) is 0 Å². The van der Waals surface area contributed by atoms with E-state index >= 15 is 0 Å². The van der Waals surface area contributed by atoms with Crippen LogP contribution in [0.15, 0.2) is 24.3 Å². The van der Waals surface area contributed by atoms with Gasteiger partial charge in [0.1, 0.15) is 0 Å². The van der Waals surface area contributed by atoms with E-state index in [9.17, 15) is 0 Å². The summed E-state index contributed by atoms with van der Waals surface area (Å²) in [5.74, 6) is 0. The molecule has 68 valence electrons. The third-order valence-corrected chi connectivity index (χ3v) is 2.46. The standard InChI is InChI=1S/C9H12IN.ClH/c1-2-9(11)7-3-5-8(10)6-4-7;/h3-6,9H,2,11H2,1H3;1H/t9-;/m1./s1. The second kappa shape index (κ2) is 5.78. The highest BCUT2D eigenvalue weighted by Crippen LogP contribution is 2.14. The zero-order valence-corrected chi connectivity index (χ0v) is 9.93. The molecule has 12 heavy (non-hydrogen) atoms. The van der Waals surface area contributed by atoms with E-state index in [1.54, 1.807) is 0 Å². The van der Waals surface area contributed by atoms with E-state index in [2.05, 4.69) is 53.8 Å². The summed E-state index contributed by atoms with van der Waals surface area (Å²) in [6, 6.07) is 8.56. The fraction of sp³-hybridized carbons (Fsp3) is 0.333. The molecule has 1 rings (SSSR count). The molecule has 0 heterocycles. The van der Waals surface area contributed by atoms with Crippen molar-refractivity contribution in [3.63, 3.8) is 0 Å². The summed E-state index contributed by atoms with van der Waals surface area (Å²) in [5, 5.41) is 0. The van der Waals surface area contributed by atoms with Crippen LogP contribution in [0, 0.1) is 3.57 Å². The van der Waals surface area contributed by atoms with E-state index < -0.39 is 0 Å². The number of halogens is 2. The first-order chi connectivity index (χ1) is 5.24. The Hall–Kier alpha value is 0.200. The molecule has 0 radical (unpaired) electrons. The topological polar surface area (TPSA) is 26.0 Å². The fourth-order valence-electron chi connectivity index (χ4n) is 0.946. The molecule has 0 saturated heterocycles. The SMILES string of the molecule is CC[C@@H](N)c1ccc(I)cc1.Cl. The van der Waals surface area contributed by atoms with Crippen molar-refractivity contribution >= 4 is 35.0 Å². The van der Waals surface area contributed by atoms with Gasteiger partial charge in [-0.15, -0.1) is 12.4 Å². The number of hydrogen-bond acceptors (Lipinski definition) is 1. The highest BCUT2D eigenvalue weighted by atomic mass is 127. The lowest BCUT2D eigenvalue weighted by Gasteiger charge is -2.07. The van der Waals surface area contributed by atoms with Crippen molar-refractivity contribution in [3.05, 3.63) is 33.4 Å². The van der Waals surface area contributed by atoms with Gasteiger partial charge in [0.05, 0.1) is 0 Å². The Kier molecular flexibility index (Phi) is 5.88. The van der Waals surface area contributed by atoms with Gasteiger partial charge in [-0.05, 0) is 46.7 Å². The zero-order chi connectivity index (χ0) is 8.27. The molecule has 0 saturated carbocycles. The maximum atomic E-state index is 5.84. The molecule has 0 fully saturated rings. The first-order valence-electron chi connectivity index (χ1n) is 3.75. The van der Waals surface area contributed by atoms with Gasteiger partial charge in [-0.2, -0.15) is 0 Å². The molecule has 0 aliphatic rings. The average molecular weight is 298 g/mol. The van der Waals surface area contributed by atoms with E-state index in [1.165, 1.54) is 9.13 Å². The Labute approximate surface area is 93.3 Å². The minimum Gasteiger partial charge on any atom is -0.324 e. The summed E-state index contributed by atoms with van der Waals surface area (Å²) in [7, 11) is 0. The maximum Gasteiger partial charge on any atom is 0.0292 e. The molecule has 0 unspecified atom stereocenters. The van der Waals surface area contributed by atoms with Crippen molar-refractivity contribution < 1.29 is 0 Å². The monoisotopic (exact) mass is 297 g/mol. The first-order valence-corrected chi connectivity index (χ1v) is 4.83. The molecular weight excluding hydrogens is 284 g/mol. The van der Waals surface area contributed by atoms with Crippen LogP contribution >= 0.6 is 35.0 Å². The summed E-state index contributed by atoms with van der Waals surface area (Å²) >= 11 is 2.29. The van der Waals surface area contributed by atoms with Crippen LogP contribution in [-0.4, -0.2) is 0 Å². The Morgan fingerprint density at radius 1 is 1.33 bits per heavy atom. The molecule has 1 nitrogen and oxygen atoms in total. The van der Waals surface area contributed by atoms with Gasteiger partial charge in [-0.25, -0.2) is 0 Å². The molecule has 0 spiro atoms. The third-order valence-electron chi connectivity index (χ3n) is 1.74. The van der Waals surface area contributed by atoms with Crippen LogP contribution < -0.4 is 5.73 Å². The molecule has 0 aliphatic heterocycles. The lowest BCUT2D eigenvalue weighted by molar-refractivity contribution is 0.698. The molecule has 0 amide bonds. The molecule has 1 aromatic rings. The van der Waals surface area contributed by atoms with Gasteiger partial charge < -0.3 is 5.73 Å². The number of benzene rings is 1. The minimum absolute atomic E-state index is 0. The van der Waals surface area contributed by atoms with Crippen LogP contribution in [0.5, 0.6) is 0 Å². The van der Waals surface area contributed by atoms with Crippen LogP contribution in [0.1, 0.15) is 24.9 Å². The Morgan fingerprint density at radius 2 is 1.83 bits per heavy atom. The Morgan fingerprint density at radius 3 is 2.25 bits per heavy atom. The van der Waals surface area contributed by atoms with Gasteiger partial charge in [-0.3, -0.25) is 0 Å². The molecule has 2 N–H and O–H groups in total. The molecule has 3 heteroatoms. The van der Waals surface area contributed by atoms with Gasteiger partial charge in [0.15, 0.2) is 0 Å². The van der Waals surface area contributed by atoms with Crippen LogP contribution in [-0.2, 0) is 0 Å². The quantitative estimate of drug-likeness (QED) is 0.834. The predicted octanol–water partition coefficient (Wildman–Crippen LogP) is 3.12. The third kappa shape index (κ3) is 3.29. The lowest BCUT2D eigenvalue weighted by Crippen LogP contribution is -2.07. The van der Waals surface area contributed by atoms with Crippen LogP contribution in [0.2, 0.25) is 0 Å². The molecule has 0 bridgehead atoms. The Bertz CT molecular complexity index is 222. The fourth-order valence-corrected chi connectivity index (χ4v) is 1.31. The Balaban J connectivity index is 0.00000121. The summed E-state index contributed by atoms with van der Waals surface area (Å²) < 4.78 is 1.26. The van der Waals surface area contributed by atoms with Gasteiger partial charge in [0, 0.05) is 9.61 Å². The molecule has 1 aromatic carbocycles. The van der Waals surface area contributed by atoms with Crippen molar-refractivity contribution in [3.8, 4) is 0 Å². The van der Waals surface area contributed by atoms with Crippen LogP contribution in [0.3, 0.4) is 0 Å². The molecule has 0 aliphatic carbocycles. The highest BCUT2D eigenvalue weighted by molar-refractivity contribution is 14.1. The van der Waals surface area contributed by atoms with Gasteiger partial charge >= 0.3 is 0 Å². The predicted molar refractivity (Wildman–Crippen MR) is 63.6 cm³/mol. The smallest absolute Gasteiger partial charge is 0.0292 e. The number of hydrogen-bond donors (Lipinski definition) is 1. The molecule has 0 aromatic heterocycles. The average Bonchev–Trinajstić information content (AvgIpc) is 2.05. The highest BCUT2D eigenvalue weighted by Gasteiger charge is 2.00. The summed E-state index contributed by atoms with van der Waals surface area (Å²) in [5.41, 5.74) is 7.07. The first kappa shape index (κ1) is 12.2. The number of nitrogens with two attached hydrogens (primary N) is 1.